The minimum Gasteiger partial charge on any atom is -0.264 e. The SMILES string of the molecule is CC(Cl)c1cccnc1. The summed E-state index contributed by atoms with van der Waals surface area (Å²) in [5.41, 5.74) is 1.07. The Morgan fingerprint density at radius 3 is 2.78 bits per heavy atom. The van der Waals surface area contributed by atoms with Gasteiger partial charge in [0.1, 0.15) is 0 Å². The second-order valence-corrected chi connectivity index (χ2v) is 2.56. The van der Waals surface area contributed by atoms with Crippen LogP contribution in [0.2, 0.25) is 0 Å². The topological polar surface area (TPSA) is 12.9 Å². The van der Waals surface area contributed by atoms with E-state index in [1.165, 1.54) is 0 Å². The average Bonchev–Trinajstić information content (AvgIpc) is 1.90. The van der Waals surface area contributed by atoms with Gasteiger partial charge in [-0.3, -0.25) is 4.98 Å². The van der Waals surface area contributed by atoms with Crippen molar-refractivity contribution in [2.24, 2.45) is 0 Å². The predicted molar refractivity (Wildman–Crippen MR) is 38.5 cm³/mol. The van der Waals surface area contributed by atoms with E-state index in [0.29, 0.717) is 0 Å². The Morgan fingerprint density at radius 2 is 2.44 bits per heavy atom. The van der Waals surface area contributed by atoms with Crippen LogP contribution < -0.4 is 0 Å². The molecular formula is C7H8ClN. The number of hydrogen-bond donors (Lipinski definition) is 0. The Bertz CT molecular complexity index is 172. The van der Waals surface area contributed by atoms with Crippen molar-refractivity contribution in [1.29, 1.82) is 0 Å². The first-order valence-electron chi connectivity index (χ1n) is 2.84. The van der Waals surface area contributed by atoms with Crippen molar-refractivity contribution < 1.29 is 0 Å². The normalized spacial score (nSPS) is 13.1. The highest BCUT2D eigenvalue weighted by Crippen LogP contribution is 2.16. The summed E-state index contributed by atoms with van der Waals surface area (Å²) in [5.74, 6) is 0. The van der Waals surface area contributed by atoms with Gasteiger partial charge in [0.15, 0.2) is 0 Å². The van der Waals surface area contributed by atoms with Crippen LogP contribution in [0.5, 0.6) is 0 Å². The van der Waals surface area contributed by atoms with E-state index in [4.69, 9.17) is 11.6 Å². The Kier molecular flexibility index (Phi) is 2.06. The van der Waals surface area contributed by atoms with Crippen LogP contribution in [-0.2, 0) is 0 Å². The second-order valence-electron chi connectivity index (χ2n) is 1.90. The zero-order chi connectivity index (χ0) is 6.69. The van der Waals surface area contributed by atoms with Gasteiger partial charge in [-0.15, -0.1) is 11.6 Å². The van der Waals surface area contributed by atoms with Gasteiger partial charge in [-0.25, -0.2) is 0 Å². The molecule has 0 aliphatic rings. The maximum absolute atomic E-state index is 5.76. The maximum Gasteiger partial charge on any atom is 0.0572 e. The fourth-order valence-electron chi connectivity index (χ4n) is 0.611. The van der Waals surface area contributed by atoms with Crippen molar-refractivity contribution in [2.75, 3.05) is 0 Å². The minimum absolute atomic E-state index is 0.0682. The highest BCUT2D eigenvalue weighted by molar-refractivity contribution is 6.20. The van der Waals surface area contributed by atoms with Crippen molar-refractivity contribution in [3.63, 3.8) is 0 Å². The molecule has 9 heavy (non-hydrogen) atoms. The lowest BCUT2D eigenvalue weighted by Crippen LogP contribution is -1.82. The molecule has 0 bridgehead atoms. The molecule has 0 spiro atoms. The standard InChI is InChI=1S/C7H8ClN/c1-6(8)7-3-2-4-9-5-7/h2-6H,1H3. The van der Waals surface area contributed by atoms with E-state index >= 15 is 0 Å². The largest absolute Gasteiger partial charge is 0.264 e. The smallest absolute Gasteiger partial charge is 0.0572 e. The molecule has 48 valence electrons. The Labute approximate surface area is 59.7 Å². The fraction of sp³-hybridized carbons (Fsp3) is 0.286. The van der Waals surface area contributed by atoms with E-state index in [9.17, 15) is 0 Å². The first-order chi connectivity index (χ1) is 4.30. The van der Waals surface area contributed by atoms with Gasteiger partial charge in [-0.1, -0.05) is 6.07 Å². The predicted octanol–water partition coefficient (Wildman–Crippen LogP) is 2.38. The van der Waals surface area contributed by atoms with Gasteiger partial charge in [0.05, 0.1) is 5.38 Å². The summed E-state index contributed by atoms with van der Waals surface area (Å²) in [7, 11) is 0. The number of alkyl halides is 1. The molecule has 0 fully saturated rings. The number of pyridine rings is 1. The molecule has 1 aromatic rings. The van der Waals surface area contributed by atoms with Crippen LogP contribution in [0, 0.1) is 0 Å². The molecule has 1 aromatic heterocycles. The molecule has 0 aromatic carbocycles. The first-order valence-corrected chi connectivity index (χ1v) is 3.28. The summed E-state index contributed by atoms with van der Waals surface area (Å²) in [5, 5.41) is 0.0682. The lowest BCUT2D eigenvalue weighted by atomic mass is 10.2. The molecule has 0 saturated heterocycles. The van der Waals surface area contributed by atoms with Crippen molar-refractivity contribution in [3.05, 3.63) is 30.1 Å². The van der Waals surface area contributed by atoms with Gasteiger partial charge in [0.25, 0.3) is 0 Å². The summed E-state index contributed by atoms with van der Waals surface area (Å²) >= 11 is 5.76. The third kappa shape index (κ3) is 1.68. The van der Waals surface area contributed by atoms with Gasteiger partial charge in [0, 0.05) is 12.4 Å². The molecule has 0 saturated carbocycles. The number of aromatic nitrogens is 1. The minimum atomic E-state index is 0.0682. The maximum atomic E-state index is 5.76. The van der Waals surface area contributed by atoms with Gasteiger partial charge in [-0.05, 0) is 18.6 Å². The van der Waals surface area contributed by atoms with Gasteiger partial charge < -0.3 is 0 Å². The highest BCUT2D eigenvalue weighted by atomic mass is 35.5. The zero-order valence-electron chi connectivity index (χ0n) is 5.21. The van der Waals surface area contributed by atoms with Crippen molar-refractivity contribution in [2.45, 2.75) is 12.3 Å². The molecule has 2 heteroatoms. The van der Waals surface area contributed by atoms with Crippen LogP contribution in [0.3, 0.4) is 0 Å². The third-order valence-electron chi connectivity index (χ3n) is 1.14. The number of nitrogens with zero attached hydrogens (tertiary/aromatic N) is 1. The molecule has 0 aliphatic heterocycles. The third-order valence-corrected chi connectivity index (χ3v) is 1.40. The second kappa shape index (κ2) is 2.83. The van der Waals surface area contributed by atoms with Crippen molar-refractivity contribution in [3.8, 4) is 0 Å². The first kappa shape index (κ1) is 6.56. The van der Waals surface area contributed by atoms with Crippen LogP contribution in [-0.4, -0.2) is 4.98 Å². The Hall–Kier alpha value is -0.560. The average molecular weight is 142 g/mol. The summed E-state index contributed by atoms with van der Waals surface area (Å²) < 4.78 is 0. The monoisotopic (exact) mass is 141 g/mol. The molecule has 0 N–H and O–H groups in total. The van der Waals surface area contributed by atoms with E-state index in [2.05, 4.69) is 4.98 Å². The van der Waals surface area contributed by atoms with Crippen LogP contribution in [0.25, 0.3) is 0 Å². The van der Waals surface area contributed by atoms with Crippen LogP contribution in [0.15, 0.2) is 24.5 Å². The number of hydrogen-bond acceptors (Lipinski definition) is 1. The van der Waals surface area contributed by atoms with Crippen LogP contribution in [0.1, 0.15) is 17.9 Å². The molecular weight excluding hydrogens is 134 g/mol. The van der Waals surface area contributed by atoms with E-state index in [-0.39, 0.29) is 5.38 Å². The summed E-state index contributed by atoms with van der Waals surface area (Å²) in [4.78, 5) is 3.92. The summed E-state index contributed by atoms with van der Waals surface area (Å²) in [6, 6.07) is 3.85. The van der Waals surface area contributed by atoms with Gasteiger partial charge in [-0.2, -0.15) is 0 Å². The van der Waals surface area contributed by atoms with Crippen molar-refractivity contribution >= 4 is 11.6 Å². The fourth-order valence-corrected chi connectivity index (χ4v) is 0.740. The molecule has 1 atom stereocenters. The van der Waals surface area contributed by atoms with Gasteiger partial charge in [0.2, 0.25) is 0 Å². The molecule has 1 heterocycles. The molecule has 1 rings (SSSR count). The zero-order valence-corrected chi connectivity index (χ0v) is 5.97. The molecule has 0 aliphatic carbocycles. The lowest BCUT2D eigenvalue weighted by molar-refractivity contribution is 1.06. The quantitative estimate of drug-likeness (QED) is 0.548. The Morgan fingerprint density at radius 1 is 1.67 bits per heavy atom. The molecule has 1 unspecified atom stereocenters. The highest BCUT2D eigenvalue weighted by Gasteiger charge is 1.96. The lowest BCUT2D eigenvalue weighted by Gasteiger charge is -1.98. The van der Waals surface area contributed by atoms with E-state index in [1.807, 2.05) is 19.1 Å². The summed E-state index contributed by atoms with van der Waals surface area (Å²) in [6.07, 6.45) is 3.51. The van der Waals surface area contributed by atoms with Crippen LogP contribution >= 0.6 is 11.6 Å². The summed E-state index contributed by atoms with van der Waals surface area (Å²) in [6.45, 7) is 1.93. The van der Waals surface area contributed by atoms with E-state index in [1.54, 1.807) is 12.4 Å². The number of halogens is 1. The van der Waals surface area contributed by atoms with E-state index in [0.717, 1.165) is 5.56 Å². The van der Waals surface area contributed by atoms with E-state index < -0.39 is 0 Å². The Balaban J connectivity index is 2.85. The van der Waals surface area contributed by atoms with Crippen LogP contribution in [0.4, 0.5) is 0 Å². The number of rotatable bonds is 1. The van der Waals surface area contributed by atoms with Crippen molar-refractivity contribution in [1.82, 2.24) is 4.98 Å². The van der Waals surface area contributed by atoms with Gasteiger partial charge >= 0.3 is 0 Å². The molecule has 0 radical (unpaired) electrons. The molecule has 0 amide bonds. The molecule has 1 nitrogen and oxygen atoms in total.